The van der Waals surface area contributed by atoms with Gasteiger partial charge in [0.1, 0.15) is 17.2 Å². The average Bonchev–Trinajstić information content (AvgIpc) is 3.62. The van der Waals surface area contributed by atoms with Gasteiger partial charge in [0.2, 0.25) is 5.91 Å². The van der Waals surface area contributed by atoms with Gasteiger partial charge in [-0.3, -0.25) is 15.0 Å². The fourth-order valence-electron chi connectivity index (χ4n) is 4.84. The molecule has 0 aromatic heterocycles. The molecule has 0 atom stereocenters. The van der Waals surface area contributed by atoms with Crippen LogP contribution in [-0.2, 0) is 15.8 Å². The van der Waals surface area contributed by atoms with Crippen LogP contribution in [0, 0.1) is 5.41 Å². The smallest absolute Gasteiger partial charge is 0.418 e. The Morgan fingerprint density at radius 1 is 1.03 bits per heavy atom. The first-order valence-electron chi connectivity index (χ1n) is 12.4. The highest BCUT2D eigenvalue weighted by Crippen LogP contribution is 2.38. The number of alkyl halides is 3. The van der Waals surface area contributed by atoms with Crippen LogP contribution >= 0.6 is 0 Å². The summed E-state index contributed by atoms with van der Waals surface area (Å²) in [6, 6.07) is 8.39. The SMILES string of the molecule is COc1cc(OC)cc(C(=N)C2=C(C(=O)Nc3cc(N4CCCC4)ccc3C(F)(F)F)N(C(=O)CN)CC2)c1. The lowest BCUT2D eigenvalue weighted by molar-refractivity contribution is -0.137. The van der Waals surface area contributed by atoms with Gasteiger partial charge in [0.25, 0.3) is 5.91 Å². The van der Waals surface area contributed by atoms with E-state index in [1.807, 2.05) is 4.90 Å². The summed E-state index contributed by atoms with van der Waals surface area (Å²) >= 11 is 0. The number of hydrogen-bond donors (Lipinski definition) is 3. The molecule has 4 N–H and O–H groups in total. The number of nitrogens with zero attached hydrogens (tertiary/aromatic N) is 2. The molecule has 1 saturated heterocycles. The maximum atomic E-state index is 13.9. The number of rotatable bonds is 8. The summed E-state index contributed by atoms with van der Waals surface area (Å²) in [7, 11) is 2.90. The molecule has 4 rings (SSSR count). The van der Waals surface area contributed by atoms with Crippen molar-refractivity contribution in [1.29, 1.82) is 5.41 Å². The molecule has 2 aliphatic rings. The Morgan fingerprint density at radius 3 is 2.23 bits per heavy atom. The molecule has 0 bridgehead atoms. The molecular weight excluding hydrogens is 515 g/mol. The maximum Gasteiger partial charge on any atom is 0.418 e. The zero-order chi connectivity index (χ0) is 28.3. The van der Waals surface area contributed by atoms with E-state index in [0.29, 0.717) is 35.8 Å². The van der Waals surface area contributed by atoms with Gasteiger partial charge in [0.05, 0.1) is 37.7 Å². The second kappa shape index (κ2) is 11.4. The Labute approximate surface area is 223 Å². The van der Waals surface area contributed by atoms with Crippen LogP contribution in [0.1, 0.15) is 30.4 Å². The Balaban J connectivity index is 1.77. The number of carbonyl (C=O) groups excluding carboxylic acids is 2. The summed E-state index contributed by atoms with van der Waals surface area (Å²) in [6.45, 7) is 1.04. The summed E-state index contributed by atoms with van der Waals surface area (Å²) in [4.78, 5) is 29.3. The molecule has 2 amide bonds. The minimum Gasteiger partial charge on any atom is -0.497 e. The topological polar surface area (TPSA) is 121 Å². The van der Waals surface area contributed by atoms with Crippen molar-refractivity contribution in [3.05, 3.63) is 58.8 Å². The lowest BCUT2D eigenvalue weighted by Crippen LogP contribution is -2.38. The second-order valence-electron chi connectivity index (χ2n) is 9.18. The van der Waals surface area contributed by atoms with Crippen molar-refractivity contribution in [3.63, 3.8) is 0 Å². The number of methoxy groups -OCH3 is 2. The fourth-order valence-corrected chi connectivity index (χ4v) is 4.84. The minimum absolute atomic E-state index is 0.0531. The van der Waals surface area contributed by atoms with Crippen molar-refractivity contribution in [1.82, 2.24) is 4.90 Å². The molecule has 12 heteroatoms. The van der Waals surface area contributed by atoms with E-state index >= 15 is 0 Å². The van der Waals surface area contributed by atoms with Crippen molar-refractivity contribution in [2.45, 2.75) is 25.4 Å². The summed E-state index contributed by atoms with van der Waals surface area (Å²) < 4.78 is 52.2. The van der Waals surface area contributed by atoms with E-state index in [0.717, 1.165) is 23.8 Å². The van der Waals surface area contributed by atoms with E-state index in [4.69, 9.17) is 20.6 Å². The molecule has 1 fully saturated rings. The van der Waals surface area contributed by atoms with Crippen LogP contribution in [0.2, 0.25) is 0 Å². The largest absolute Gasteiger partial charge is 0.497 e. The van der Waals surface area contributed by atoms with Crippen LogP contribution in [0.3, 0.4) is 0 Å². The molecule has 9 nitrogen and oxygen atoms in total. The number of anilines is 2. The molecule has 2 heterocycles. The van der Waals surface area contributed by atoms with Crippen molar-refractivity contribution in [2.75, 3.05) is 50.6 Å². The first-order chi connectivity index (χ1) is 18.6. The Hall–Kier alpha value is -4.06. The van der Waals surface area contributed by atoms with Gasteiger partial charge in [-0.25, -0.2) is 0 Å². The Morgan fingerprint density at radius 2 is 1.67 bits per heavy atom. The molecule has 0 saturated carbocycles. The third kappa shape index (κ3) is 5.85. The maximum absolute atomic E-state index is 13.9. The molecule has 0 unspecified atom stereocenters. The zero-order valence-electron chi connectivity index (χ0n) is 21.7. The van der Waals surface area contributed by atoms with Crippen LogP contribution in [0.5, 0.6) is 11.5 Å². The van der Waals surface area contributed by atoms with Gasteiger partial charge in [0, 0.05) is 42.5 Å². The number of nitrogens with one attached hydrogen (secondary N) is 2. The van der Waals surface area contributed by atoms with E-state index in [-0.39, 0.29) is 29.9 Å². The third-order valence-electron chi connectivity index (χ3n) is 6.80. The van der Waals surface area contributed by atoms with Gasteiger partial charge >= 0.3 is 6.18 Å². The van der Waals surface area contributed by atoms with E-state index in [2.05, 4.69) is 5.32 Å². The molecule has 208 valence electrons. The Bertz CT molecular complexity index is 1300. The summed E-state index contributed by atoms with van der Waals surface area (Å²) in [6.07, 6.45) is -2.75. The van der Waals surface area contributed by atoms with Crippen molar-refractivity contribution >= 4 is 28.9 Å². The van der Waals surface area contributed by atoms with Crippen LogP contribution in [0.15, 0.2) is 47.7 Å². The number of benzene rings is 2. The van der Waals surface area contributed by atoms with E-state index in [1.54, 1.807) is 18.2 Å². The molecule has 2 aromatic carbocycles. The lowest BCUT2D eigenvalue weighted by Gasteiger charge is -2.23. The van der Waals surface area contributed by atoms with Crippen LogP contribution < -0.4 is 25.4 Å². The van der Waals surface area contributed by atoms with Gasteiger partial charge in [0.15, 0.2) is 0 Å². The van der Waals surface area contributed by atoms with Gasteiger partial charge in [-0.2, -0.15) is 13.2 Å². The minimum atomic E-state index is -4.73. The number of nitrogens with two attached hydrogens (primary N) is 1. The van der Waals surface area contributed by atoms with Crippen molar-refractivity contribution in [3.8, 4) is 11.5 Å². The number of carbonyl (C=O) groups is 2. The second-order valence-corrected chi connectivity index (χ2v) is 9.18. The van der Waals surface area contributed by atoms with Crippen LogP contribution in [0.4, 0.5) is 24.5 Å². The number of halogens is 3. The standard InChI is InChI=1S/C27H30F3N5O4/c1-38-18-11-16(12-19(14-18)39-2)24(32)20-7-10-35(23(36)15-31)25(20)26(37)33-22-13-17(34-8-3-4-9-34)5-6-21(22)27(28,29)30/h5-6,11-14,32H,3-4,7-10,15,31H2,1-2H3,(H,33,37). The normalized spacial score (nSPS) is 15.5. The summed E-state index contributed by atoms with van der Waals surface area (Å²) in [5, 5.41) is 11.2. The highest BCUT2D eigenvalue weighted by Gasteiger charge is 2.37. The average molecular weight is 546 g/mol. The molecular formula is C27H30F3N5O4. The first-order valence-corrected chi connectivity index (χ1v) is 12.4. The zero-order valence-corrected chi connectivity index (χ0v) is 21.7. The molecule has 0 spiro atoms. The summed E-state index contributed by atoms with van der Waals surface area (Å²) in [5.74, 6) is -0.717. The molecule has 39 heavy (non-hydrogen) atoms. The number of amides is 2. The quantitative estimate of drug-likeness (QED) is 0.435. The lowest BCUT2D eigenvalue weighted by atomic mass is 9.99. The highest BCUT2D eigenvalue weighted by molar-refractivity contribution is 6.19. The van der Waals surface area contributed by atoms with Gasteiger partial charge < -0.3 is 30.3 Å². The third-order valence-corrected chi connectivity index (χ3v) is 6.80. The van der Waals surface area contributed by atoms with Crippen LogP contribution in [-0.4, -0.2) is 62.8 Å². The summed E-state index contributed by atoms with van der Waals surface area (Å²) in [5.41, 5.74) is 4.92. The fraction of sp³-hybridized carbons (Fsp3) is 0.370. The predicted octanol–water partition coefficient (Wildman–Crippen LogP) is 3.77. The van der Waals surface area contributed by atoms with E-state index < -0.39 is 35.8 Å². The van der Waals surface area contributed by atoms with Crippen LogP contribution in [0.25, 0.3) is 0 Å². The first kappa shape index (κ1) is 28.0. The monoisotopic (exact) mass is 545 g/mol. The number of hydrogen-bond acceptors (Lipinski definition) is 7. The van der Waals surface area contributed by atoms with Crippen molar-refractivity contribution < 1.29 is 32.2 Å². The number of ether oxygens (including phenoxy) is 2. The van der Waals surface area contributed by atoms with Crippen molar-refractivity contribution in [2.24, 2.45) is 5.73 Å². The molecule has 0 radical (unpaired) electrons. The molecule has 2 aliphatic heterocycles. The Kier molecular flexibility index (Phi) is 8.14. The van der Waals surface area contributed by atoms with Gasteiger partial charge in [-0.05, 0) is 49.6 Å². The van der Waals surface area contributed by atoms with E-state index in [9.17, 15) is 22.8 Å². The van der Waals surface area contributed by atoms with E-state index in [1.165, 1.54) is 26.4 Å². The highest BCUT2D eigenvalue weighted by atomic mass is 19.4. The van der Waals surface area contributed by atoms with Gasteiger partial charge in [-0.1, -0.05) is 0 Å². The van der Waals surface area contributed by atoms with Gasteiger partial charge in [-0.15, -0.1) is 0 Å². The molecule has 0 aliphatic carbocycles. The predicted molar refractivity (Wildman–Crippen MR) is 140 cm³/mol. The molecule has 2 aromatic rings.